The average Bonchev–Trinajstić information content (AvgIpc) is 3.75. The molecular weight excluding hydrogens is 733 g/mol. The highest BCUT2D eigenvalue weighted by Gasteiger charge is 2.61. The Bertz CT molecular complexity index is 3040. The van der Waals surface area contributed by atoms with Crippen LogP contribution < -0.4 is 9.64 Å². The van der Waals surface area contributed by atoms with Gasteiger partial charge in [0, 0.05) is 34.3 Å². The average molecular weight is 785 g/mol. The molecule has 0 saturated heterocycles. The zero-order chi connectivity index (χ0) is 41.7. The van der Waals surface area contributed by atoms with Crippen LogP contribution in [-0.2, 0) is 17.4 Å². The van der Waals surface area contributed by atoms with E-state index in [4.69, 9.17) is 14.7 Å². The fourth-order valence-electron chi connectivity index (χ4n) is 10.2. The molecule has 2 aliphatic rings. The van der Waals surface area contributed by atoms with Crippen LogP contribution in [0.2, 0.25) is 0 Å². The Kier molecular flexibility index (Phi) is 8.53. The highest BCUT2D eigenvalue weighted by Crippen LogP contribution is 2.56. The number of aryl methyl sites for hydroxylation is 4. The van der Waals surface area contributed by atoms with Gasteiger partial charge in [-0.15, -0.1) is 0 Å². The number of anilines is 1. The van der Waals surface area contributed by atoms with E-state index in [2.05, 4.69) is 199 Å². The highest BCUT2D eigenvalue weighted by molar-refractivity contribution is 6.15. The summed E-state index contributed by atoms with van der Waals surface area (Å²) in [5.41, 5.74) is 15.4. The van der Waals surface area contributed by atoms with Gasteiger partial charge in [0.05, 0.1) is 16.7 Å². The van der Waals surface area contributed by atoms with Crippen molar-refractivity contribution in [1.82, 2.24) is 9.55 Å². The first kappa shape index (κ1) is 37.8. The van der Waals surface area contributed by atoms with Crippen molar-refractivity contribution in [1.29, 1.82) is 0 Å². The number of rotatable bonds is 6. The first-order chi connectivity index (χ1) is 28.7. The molecule has 10 rings (SSSR count). The van der Waals surface area contributed by atoms with Crippen LogP contribution in [0, 0.1) is 27.7 Å². The quantitative estimate of drug-likeness (QED) is 0.169. The standard InChI is InChI=1S/C55H52N4O/c1-34-21-22-49-47(26-34)46-19-15-23-56-52(46)58(49)43-30-42(53(5,6)7)31-45(32-43)60-44-28-40(38-16-11-10-12-17-38)27-41(29-44)51-57-55(9)48-20-14-13-18-39(48)33-54(55,8)59(51)50-36(3)24-35(2)25-37(50)4/h10-32H,33H2,1-9H3/t54-,55+/m0/s1. The van der Waals surface area contributed by atoms with Gasteiger partial charge in [0.2, 0.25) is 0 Å². The molecule has 298 valence electrons. The summed E-state index contributed by atoms with van der Waals surface area (Å²) in [6.45, 7) is 20.3. The molecule has 5 heteroatoms. The molecule has 6 aromatic carbocycles. The maximum atomic E-state index is 7.16. The SMILES string of the molecule is Cc1cc(C)c(N2C(c3cc(Oc4cc(-n5c6ccc(C)cc6c6cccnc65)cc(C(C)(C)C)c4)cc(-c4ccccc4)c3)=N[C@]3(C)c4ccccc4C[C@]23C)c(C)c1. The summed E-state index contributed by atoms with van der Waals surface area (Å²) in [7, 11) is 0. The molecule has 2 aromatic heterocycles. The van der Waals surface area contributed by atoms with Gasteiger partial charge in [0.15, 0.2) is 0 Å². The monoisotopic (exact) mass is 784 g/mol. The molecule has 0 amide bonds. The number of aliphatic imine (C=N–C) groups is 1. The summed E-state index contributed by atoms with van der Waals surface area (Å²) < 4.78 is 9.44. The van der Waals surface area contributed by atoms with Gasteiger partial charge in [-0.1, -0.05) is 105 Å². The van der Waals surface area contributed by atoms with Crippen LogP contribution in [0.4, 0.5) is 5.69 Å². The van der Waals surface area contributed by atoms with Crippen molar-refractivity contribution in [3.8, 4) is 28.3 Å². The molecule has 1 aliphatic carbocycles. The number of aromatic nitrogens is 2. The molecule has 0 fully saturated rings. The zero-order valence-electron chi connectivity index (χ0n) is 36.2. The van der Waals surface area contributed by atoms with E-state index in [0.29, 0.717) is 0 Å². The number of amidine groups is 1. The molecular formula is C55H52N4O. The summed E-state index contributed by atoms with van der Waals surface area (Å²) in [6.07, 6.45) is 2.77. The van der Waals surface area contributed by atoms with Gasteiger partial charge in [-0.25, -0.2) is 4.98 Å². The Morgan fingerprint density at radius 2 is 1.35 bits per heavy atom. The van der Waals surface area contributed by atoms with E-state index in [-0.39, 0.29) is 11.0 Å². The summed E-state index contributed by atoms with van der Waals surface area (Å²) in [6, 6.07) is 48.3. The number of nitrogens with zero attached hydrogens (tertiary/aromatic N) is 4. The van der Waals surface area contributed by atoms with Gasteiger partial charge >= 0.3 is 0 Å². The van der Waals surface area contributed by atoms with Crippen LogP contribution in [0.25, 0.3) is 38.8 Å². The number of benzene rings is 6. The Morgan fingerprint density at radius 1 is 0.633 bits per heavy atom. The molecule has 0 radical (unpaired) electrons. The van der Waals surface area contributed by atoms with Crippen molar-refractivity contribution in [2.45, 2.75) is 85.2 Å². The molecule has 0 unspecified atom stereocenters. The van der Waals surface area contributed by atoms with Crippen LogP contribution in [-0.4, -0.2) is 20.9 Å². The van der Waals surface area contributed by atoms with Crippen LogP contribution in [0.5, 0.6) is 11.5 Å². The number of hydrogen-bond acceptors (Lipinski definition) is 4. The van der Waals surface area contributed by atoms with E-state index in [0.717, 1.165) is 62.7 Å². The van der Waals surface area contributed by atoms with Crippen LogP contribution in [0.3, 0.4) is 0 Å². The predicted octanol–water partition coefficient (Wildman–Crippen LogP) is 13.7. The van der Waals surface area contributed by atoms with E-state index in [1.807, 2.05) is 12.3 Å². The summed E-state index contributed by atoms with van der Waals surface area (Å²) in [4.78, 5) is 13.3. The molecule has 1 aliphatic heterocycles. The molecule has 0 bridgehead atoms. The fraction of sp³-hybridized carbons (Fsp3) is 0.236. The Balaban J connectivity index is 1.18. The molecule has 0 N–H and O–H groups in total. The largest absolute Gasteiger partial charge is 0.457 e. The maximum absolute atomic E-state index is 7.16. The molecule has 3 heterocycles. The van der Waals surface area contributed by atoms with Crippen molar-refractivity contribution in [3.63, 3.8) is 0 Å². The Hall–Kier alpha value is -6.46. The number of pyridine rings is 1. The minimum Gasteiger partial charge on any atom is -0.457 e. The van der Waals surface area contributed by atoms with Crippen LogP contribution >= 0.6 is 0 Å². The van der Waals surface area contributed by atoms with Gasteiger partial charge in [-0.3, -0.25) is 9.56 Å². The third-order valence-electron chi connectivity index (χ3n) is 13.2. The van der Waals surface area contributed by atoms with Gasteiger partial charge < -0.3 is 9.64 Å². The van der Waals surface area contributed by atoms with Gasteiger partial charge in [-0.2, -0.15) is 0 Å². The van der Waals surface area contributed by atoms with E-state index < -0.39 is 5.54 Å². The third-order valence-corrected chi connectivity index (χ3v) is 13.2. The molecule has 0 saturated carbocycles. The summed E-state index contributed by atoms with van der Waals surface area (Å²) in [5.74, 6) is 2.49. The molecule has 60 heavy (non-hydrogen) atoms. The van der Waals surface area contributed by atoms with Crippen molar-refractivity contribution in [2.24, 2.45) is 4.99 Å². The predicted molar refractivity (Wildman–Crippen MR) is 250 cm³/mol. The maximum Gasteiger partial charge on any atom is 0.145 e. The van der Waals surface area contributed by atoms with E-state index in [9.17, 15) is 0 Å². The second kappa shape index (κ2) is 13.5. The zero-order valence-corrected chi connectivity index (χ0v) is 36.2. The van der Waals surface area contributed by atoms with Crippen molar-refractivity contribution in [2.75, 3.05) is 4.90 Å². The van der Waals surface area contributed by atoms with E-state index in [1.54, 1.807) is 0 Å². The highest BCUT2D eigenvalue weighted by atomic mass is 16.5. The smallest absolute Gasteiger partial charge is 0.145 e. The number of hydrogen-bond donors (Lipinski definition) is 0. The normalized spacial score (nSPS) is 18.6. The summed E-state index contributed by atoms with van der Waals surface area (Å²) in [5, 5.41) is 2.33. The Morgan fingerprint density at radius 3 is 2.12 bits per heavy atom. The minimum atomic E-state index is -0.475. The van der Waals surface area contributed by atoms with E-state index in [1.165, 1.54) is 50.0 Å². The first-order valence-electron chi connectivity index (χ1n) is 21.2. The van der Waals surface area contributed by atoms with Crippen LogP contribution in [0.1, 0.15) is 79.1 Å². The lowest BCUT2D eigenvalue weighted by Gasteiger charge is -2.43. The molecule has 5 nitrogen and oxygen atoms in total. The van der Waals surface area contributed by atoms with Crippen molar-refractivity contribution in [3.05, 3.63) is 184 Å². The van der Waals surface area contributed by atoms with Gasteiger partial charge in [-0.05, 0) is 147 Å². The number of ether oxygens (including phenoxy) is 1. The second-order valence-electron chi connectivity index (χ2n) is 18.6. The second-order valence-corrected chi connectivity index (χ2v) is 18.6. The summed E-state index contributed by atoms with van der Waals surface area (Å²) >= 11 is 0. The minimum absolute atomic E-state index is 0.143. The lowest BCUT2D eigenvalue weighted by atomic mass is 9.79. The topological polar surface area (TPSA) is 42.6 Å². The first-order valence-corrected chi connectivity index (χ1v) is 21.2. The molecule has 8 aromatic rings. The third kappa shape index (κ3) is 5.89. The Labute approximate surface area is 354 Å². The fourth-order valence-corrected chi connectivity index (χ4v) is 10.2. The van der Waals surface area contributed by atoms with Crippen molar-refractivity contribution < 1.29 is 4.74 Å². The molecule has 2 atom stereocenters. The van der Waals surface area contributed by atoms with E-state index >= 15 is 0 Å². The van der Waals surface area contributed by atoms with Gasteiger partial charge in [0.25, 0.3) is 0 Å². The lowest BCUT2D eigenvalue weighted by Crippen LogP contribution is -2.54. The van der Waals surface area contributed by atoms with Gasteiger partial charge in [0.1, 0.15) is 28.5 Å². The van der Waals surface area contributed by atoms with Crippen molar-refractivity contribution >= 4 is 33.5 Å². The number of fused-ring (bicyclic) bond motifs is 6. The lowest BCUT2D eigenvalue weighted by molar-refractivity contribution is 0.321. The molecule has 0 spiro atoms. The van der Waals surface area contributed by atoms with Crippen LogP contribution in [0.15, 0.2) is 145 Å².